The minimum Gasteiger partial charge on any atom is -0.379 e. The molecule has 0 N–H and O–H groups in total. The first-order chi connectivity index (χ1) is 11.6. The van der Waals surface area contributed by atoms with Gasteiger partial charge in [0.25, 0.3) is 0 Å². The van der Waals surface area contributed by atoms with Gasteiger partial charge in [0.15, 0.2) is 11.0 Å². The Labute approximate surface area is 141 Å². The van der Waals surface area contributed by atoms with E-state index in [1.165, 1.54) is 4.31 Å². The molecular formula is C18H19NO4S. The van der Waals surface area contributed by atoms with Crippen molar-refractivity contribution < 1.29 is 17.9 Å². The molecule has 0 unspecified atom stereocenters. The van der Waals surface area contributed by atoms with Crippen LogP contribution in [0.3, 0.4) is 0 Å². The first kappa shape index (κ1) is 16.8. The van der Waals surface area contributed by atoms with Gasteiger partial charge in [0, 0.05) is 18.7 Å². The summed E-state index contributed by atoms with van der Waals surface area (Å²) in [5.74, 6) is -0.409. The predicted molar refractivity (Wildman–Crippen MR) is 91.3 cm³/mol. The number of hydrogen-bond donors (Lipinski definition) is 0. The maximum absolute atomic E-state index is 13.2. The zero-order valence-corrected chi connectivity index (χ0v) is 14.0. The van der Waals surface area contributed by atoms with Crippen molar-refractivity contribution in [3.63, 3.8) is 0 Å². The monoisotopic (exact) mass is 345 g/mol. The maximum Gasteiger partial charge on any atom is 0.228 e. The van der Waals surface area contributed by atoms with E-state index in [9.17, 15) is 13.2 Å². The van der Waals surface area contributed by atoms with E-state index in [0.29, 0.717) is 24.3 Å². The Morgan fingerprint density at radius 1 is 0.917 bits per heavy atom. The van der Waals surface area contributed by atoms with Crippen LogP contribution in [0.1, 0.15) is 21.2 Å². The van der Waals surface area contributed by atoms with Gasteiger partial charge in [-0.25, -0.2) is 8.42 Å². The number of benzene rings is 2. The minimum absolute atomic E-state index is 0.272. The average molecular weight is 345 g/mol. The van der Waals surface area contributed by atoms with E-state index >= 15 is 0 Å². The molecule has 24 heavy (non-hydrogen) atoms. The lowest BCUT2D eigenvalue weighted by Gasteiger charge is -2.30. The molecule has 1 aliphatic heterocycles. The minimum atomic E-state index is -3.82. The van der Waals surface area contributed by atoms with Gasteiger partial charge in [-0.2, -0.15) is 4.31 Å². The fraction of sp³-hybridized carbons (Fsp3) is 0.278. The van der Waals surface area contributed by atoms with Crippen LogP contribution < -0.4 is 0 Å². The van der Waals surface area contributed by atoms with Crippen LogP contribution in [0.25, 0.3) is 0 Å². The number of rotatable bonds is 5. The summed E-state index contributed by atoms with van der Waals surface area (Å²) in [4.78, 5) is 13.0. The van der Waals surface area contributed by atoms with E-state index in [4.69, 9.17) is 4.74 Å². The lowest BCUT2D eigenvalue weighted by Crippen LogP contribution is -2.44. The van der Waals surface area contributed by atoms with Crippen molar-refractivity contribution in [1.82, 2.24) is 4.31 Å². The quantitative estimate of drug-likeness (QED) is 0.780. The van der Waals surface area contributed by atoms with Crippen molar-refractivity contribution in [2.75, 3.05) is 26.3 Å². The number of morpholine rings is 1. The molecule has 2 aromatic carbocycles. The highest BCUT2D eigenvalue weighted by Gasteiger charge is 2.39. The molecule has 1 atom stereocenters. The summed E-state index contributed by atoms with van der Waals surface area (Å²) in [7, 11) is -3.82. The summed E-state index contributed by atoms with van der Waals surface area (Å²) in [6, 6.07) is 17.2. The SMILES string of the molecule is O=C(c1ccccc1)[C@H](c1ccccc1)S(=O)(=O)N1CCOCC1. The molecule has 1 heterocycles. The summed E-state index contributed by atoms with van der Waals surface area (Å²) in [6.45, 7) is 1.24. The van der Waals surface area contributed by atoms with Crippen LogP contribution in [-0.4, -0.2) is 44.8 Å². The largest absolute Gasteiger partial charge is 0.379 e. The molecule has 0 bridgehead atoms. The highest BCUT2D eigenvalue weighted by molar-refractivity contribution is 7.90. The van der Waals surface area contributed by atoms with Crippen LogP contribution in [0.2, 0.25) is 0 Å². The molecule has 0 radical (unpaired) electrons. The standard InChI is InChI=1S/C18H19NO4S/c20-17(15-7-3-1-4-8-15)18(16-9-5-2-6-10-16)24(21,22)19-11-13-23-14-12-19/h1-10,18H,11-14H2/t18-/m0/s1. The molecule has 0 aromatic heterocycles. The molecule has 0 amide bonds. The molecule has 1 saturated heterocycles. The number of carbonyl (C=O) groups is 1. The maximum atomic E-state index is 13.2. The van der Waals surface area contributed by atoms with E-state index in [1.807, 2.05) is 0 Å². The van der Waals surface area contributed by atoms with Gasteiger partial charge in [-0.1, -0.05) is 60.7 Å². The molecule has 0 aliphatic carbocycles. The number of ketones is 1. The highest BCUT2D eigenvalue weighted by atomic mass is 32.2. The average Bonchev–Trinajstić information content (AvgIpc) is 2.64. The fourth-order valence-corrected chi connectivity index (χ4v) is 4.65. The highest BCUT2D eigenvalue weighted by Crippen LogP contribution is 2.30. The van der Waals surface area contributed by atoms with Gasteiger partial charge in [-0.3, -0.25) is 4.79 Å². The van der Waals surface area contributed by atoms with E-state index in [2.05, 4.69) is 0 Å². The first-order valence-corrected chi connectivity index (χ1v) is 9.32. The lowest BCUT2D eigenvalue weighted by atomic mass is 10.0. The predicted octanol–water partition coefficient (Wildman–Crippen LogP) is 2.27. The number of hydrogen-bond acceptors (Lipinski definition) is 4. The second-order valence-electron chi connectivity index (χ2n) is 5.58. The Morgan fingerprint density at radius 3 is 2.04 bits per heavy atom. The van der Waals surface area contributed by atoms with Gasteiger partial charge in [0.05, 0.1) is 13.2 Å². The van der Waals surface area contributed by atoms with Crippen molar-refractivity contribution in [1.29, 1.82) is 0 Å². The fourth-order valence-electron chi connectivity index (χ4n) is 2.79. The third-order valence-electron chi connectivity index (χ3n) is 4.03. The second-order valence-corrected chi connectivity index (χ2v) is 7.60. The first-order valence-electron chi connectivity index (χ1n) is 7.81. The molecule has 0 spiro atoms. The van der Waals surface area contributed by atoms with Crippen molar-refractivity contribution in [3.8, 4) is 0 Å². The second kappa shape index (κ2) is 7.25. The molecule has 6 heteroatoms. The zero-order valence-electron chi connectivity index (χ0n) is 13.2. The van der Waals surface area contributed by atoms with Crippen LogP contribution in [0.15, 0.2) is 60.7 Å². The number of carbonyl (C=O) groups excluding carboxylic acids is 1. The lowest BCUT2D eigenvalue weighted by molar-refractivity contribution is 0.0720. The van der Waals surface area contributed by atoms with Crippen molar-refractivity contribution in [2.24, 2.45) is 0 Å². The molecule has 1 aliphatic rings. The van der Waals surface area contributed by atoms with E-state index in [1.54, 1.807) is 60.7 Å². The Kier molecular flexibility index (Phi) is 5.08. The topological polar surface area (TPSA) is 63.7 Å². The Bertz CT molecular complexity index is 784. The molecular weight excluding hydrogens is 326 g/mol. The number of nitrogens with zero attached hydrogens (tertiary/aromatic N) is 1. The smallest absolute Gasteiger partial charge is 0.228 e. The van der Waals surface area contributed by atoms with Gasteiger partial charge in [-0.05, 0) is 5.56 Å². The molecule has 126 valence electrons. The molecule has 1 fully saturated rings. The Balaban J connectivity index is 2.04. The summed E-state index contributed by atoms with van der Waals surface area (Å²) in [5.41, 5.74) is 0.876. The van der Waals surface area contributed by atoms with Crippen LogP contribution in [-0.2, 0) is 14.8 Å². The number of Topliss-reactive ketones (excluding diaryl/α,β-unsaturated/α-hetero) is 1. The summed E-state index contributed by atoms with van der Waals surface area (Å²) >= 11 is 0. The molecule has 0 saturated carbocycles. The third kappa shape index (κ3) is 3.40. The van der Waals surface area contributed by atoms with Gasteiger partial charge < -0.3 is 4.74 Å². The van der Waals surface area contributed by atoms with Gasteiger partial charge in [0.1, 0.15) is 0 Å². The van der Waals surface area contributed by atoms with E-state index in [0.717, 1.165) is 0 Å². The van der Waals surface area contributed by atoms with Crippen LogP contribution in [0.5, 0.6) is 0 Å². The van der Waals surface area contributed by atoms with E-state index < -0.39 is 21.1 Å². The van der Waals surface area contributed by atoms with Crippen LogP contribution in [0.4, 0.5) is 0 Å². The van der Waals surface area contributed by atoms with E-state index in [-0.39, 0.29) is 13.1 Å². The van der Waals surface area contributed by atoms with Gasteiger partial charge in [0.2, 0.25) is 10.0 Å². The zero-order chi connectivity index (χ0) is 17.0. The molecule has 2 aromatic rings. The van der Waals surface area contributed by atoms with Crippen molar-refractivity contribution in [3.05, 3.63) is 71.8 Å². The summed E-state index contributed by atoms with van der Waals surface area (Å²) < 4.78 is 32.9. The molecule has 5 nitrogen and oxygen atoms in total. The van der Waals surface area contributed by atoms with Crippen molar-refractivity contribution in [2.45, 2.75) is 5.25 Å². The van der Waals surface area contributed by atoms with Crippen molar-refractivity contribution >= 4 is 15.8 Å². The number of sulfonamides is 1. The summed E-state index contributed by atoms with van der Waals surface area (Å²) in [6.07, 6.45) is 0. The van der Waals surface area contributed by atoms with Gasteiger partial charge in [-0.15, -0.1) is 0 Å². The Hall–Kier alpha value is -2.02. The van der Waals surface area contributed by atoms with Crippen LogP contribution in [0, 0.1) is 0 Å². The normalized spacial score (nSPS) is 17.3. The Morgan fingerprint density at radius 2 is 1.46 bits per heavy atom. The summed E-state index contributed by atoms with van der Waals surface area (Å²) in [5, 5.41) is -1.24. The third-order valence-corrected chi connectivity index (χ3v) is 6.19. The number of ether oxygens (including phenoxy) is 1. The molecule has 3 rings (SSSR count). The van der Waals surface area contributed by atoms with Crippen LogP contribution >= 0.6 is 0 Å². The van der Waals surface area contributed by atoms with Gasteiger partial charge >= 0.3 is 0 Å².